The van der Waals surface area contributed by atoms with Gasteiger partial charge in [-0.15, -0.1) is 0 Å². The number of nitrogens with one attached hydrogen (secondary N) is 2. The Hall–Kier alpha value is -1.95. The van der Waals surface area contributed by atoms with E-state index in [-0.39, 0.29) is 13.0 Å². The SMILES string of the molecule is COP(=O)(OCC1OC(n2ccc(=O)[nH]c2=O)C(O)C1O)OP(=O)(OC)O[C@@H]1OC(CO)[C@H](O)[C@H](O)C1NC(=O)CCCCCOCCCO. The lowest BCUT2D eigenvalue weighted by molar-refractivity contribution is -0.248. The van der Waals surface area contributed by atoms with Crippen molar-refractivity contribution in [2.75, 3.05) is 47.3 Å². The van der Waals surface area contributed by atoms with Gasteiger partial charge in [0, 0.05) is 52.7 Å². The van der Waals surface area contributed by atoms with Crippen LogP contribution in [-0.2, 0) is 50.5 Å². The number of carbonyl (C=O) groups excluding carboxylic acids is 1. The molecule has 8 unspecified atom stereocenters. The number of nitrogens with zero attached hydrogens (tertiary/aromatic N) is 1. The van der Waals surface area contributed by atoms with Crippen LogP contribution in [0.4, 0.5) is 0 Å². The molecule has 2 aliphatic heterocycles. The van der Waals surface area contributed by atoms with Crippen LogP contribution < -0.4 is 16.6 Å². The summed E-state index contributed by atoms with van der Waals surface area (Å²) >= 11 is 0. The Kier molecular flexibility index (Phi) is 16.8. The number of H-pyrrole nitrogens is 1. The minimum atomic E-state index is -5.10. The maximum atomic E-state index is 13.6. The van der Waals surface area contributed by atoms with Crippen LogP contribution >= 0.6 is 15.6 Å². The number of phosphoric ester groups is 2. The average molecular weight is 766 g/mol. The molecule has 0 aromatic carbocycles. The maximum Gasteiger partial charge on any atom is 0.485 e. The summed E-state index contributed by atoms with van der Waals surface area (Å²) < 4.78 is 69.1. The fourth-order valence-corrected chi connectivity index (χ4v) is 7.67. The first-order valence-corrected chi connectivity index (χ1v) is 18.4. The van der Waals surface area contributed by atoms with Gasteiger partial charge in [-0.05, 0) is 19.3 Å². The van der Waals surface area contributed by atoms with E-state index < -0.39 is 101 Å². The van der Waals surface area contributed by atoms with Crippen LogP contribution in [0.15, 0.2) is 21.9 Å². The van der Waals surface area contributed by atoms with Crippen LogP contribution in [0.25, 0.3) is 0 Å². The molecular weight excluding hydrogens is 720 g/mol. The minimum absolute atomic E-state index is 0.0144. The summed E-state index contributed by atoms with van der Waals surface area (Å²) in [5.74, 6) is -0.624. The first-order chi connectivity index (χ1) is 23.7. The van der Waals surface area contributed by atoms with Crippen molar-refractivity contribution in [3.8, 4) is 0 Å². The van der Waals surface area contributed by atoms with Gasteiger partial charge < -0.3 is 50.2 Å². The van der Waals surface area contributed by atoms with Crippen LogP contribution in [0.5, 0.6) is 0 Å². The largest absolute Gasteiger partial charge is 0.485 e. The molecule has 50 heavy (non-hydrogen) atoms. The Labute approximate surface area is 285 Å². The lowest BCUT2D eigenvalue weighted by Crippen LogP contribution is -2.64. The van der Waals surface area contributed by atoms with Crippen LogP contribution in [0.1, 0.15) is 38.3 Å². The molecule has 1 aromatic heterocycles. The normalized spacial score (nSPS) is 30.8. The number of carbonyl (C=O) groups is 1. The van der Waals surface area contributed by atoms with Crippen LogP contribution in [-0.4, -0.2) is 142 Å². The molecule has 0 spiro atoms. The van der Waals surface area contributed by atoms with Gasteiger partial charge >= 0.3 is 21.3 Å². The Morgan fingerprint density at radius 3 is 2.24 bits per heavy atom. The monoisotopic (exact) mass is 765 g/mol. The second-order valence-electron chi connectivity index (χ2n) is 11.1. The van der Waals surface area contributed by atoms with Gasteiger partial charge in [0.25, 0.3) is 5.56 Å². The zero-order valence-corrected chi connectivity index (χ0v) is 29.0. The van der Waals surface area contributed by atoms with Crippen LogP contribution in [0.2, 0.25) is 0 Å². The van der Waals surface area contributed by atoms with Gasteiger partial charge in [0.1, 0.15) is 42.7 Å². The second-order valence-corrected chi connectivity index (χ2v) is 14.7. The van der Waals surface area contributed by atoms with E-state index in [0.29, 0.717) is 38.9 Å². The number of hydrogen-bond donors (Lipinski definition) is 8. The molecule has 11 atom stereocenters. The number of unbranched alkanes of at least 4 members (excludes halogenated alkanes) is 2. The molecule has 288 valence electrons. The summed E-state index contributed by atoms with van der Waals surface area (Å²) in [4.78, 5) is 38.2. The van der Waals surface area contributed by atoms with Crippen molar-refractivity contribution in [1.29, 1.82) is 0 Å². The number of hydrogen-bond acceptors (Lipinski definition) is 19. The van der Waals surface area contributed by atoms with Crippen LogP contribution in [0.3, 0.4) is 0 Å². The molecule has 0 aliphatic carbocycles. The predicted octanol–water partition coefficient (Wildman–Crippen LogP) is -2.40. The van der Waals surface area contributed by atoms with E-state index in [4.69, 9.17) is 41.7 Å². The van der Waals surface area contributed by atoms with E-state index in [1.807, 2.05) is 4.98 Å². The highest BCUT2D eigenvalue weighted by molar-refractivity contribution is 7.62. The van der Waals surface area contributed by atoms with Crippen molar-refractivity contribution in [3.63, 3.8) is 0 Å². The smallest absolute Gasteiger partial charge is 0.396 e. The fourth-order valence-electron chi connectivity index (χ4n) is 4.86. The number of aromatic amines is 1. The first-order valence-electron chi connectivity index (χ1n) is 15.5. The molecule has 0 radical (unpaired) electrons. The highest BCUT2D eigenvalue weighted by Crippen LogP contribution is 2.66. The molecule has 2 saturated heterocycles. The Balaban J connectivity index is 1.66. The molecule has 8 N–H and O–H groups in total. The molecular formula is C26H45N3O19P2. The van der Waals surface area contributed by atoms with Gasteiger partial charge in [0.15, 0.2) is 12.5 Å². The van der Waals surface area contributed by atoms with Gasteiger partial charge in [-0.3, -0.25) is 37.2 Å². The van der Waals surface area contributed by atoms with Crippen molar-refractivity contribution >= 4 is 21.6 Å². The third-order valence-electron chi connectivity index (χ3n) is 7.59. The van der Waals surface area contributed by atoms with Gasteiger partial charge in [0.2, 0.25) is 5.91 Å². The average Bonchev–Trinajstić information content (AvgIpc) is 3.36. The van der Waals surface area contributed by atoms with E-state index in [9.17, 15) is 49.0 Å². The number of amides is 1. The number of rotatable bonds is 21. The quantitative estimate of drug-likeness (QED) is 0.0478. The summed E-state index contributed by atoms with van der Waals surface area (Å²) in [5, 5.41) is 62.9. The fraction of sp³-hybridized carbons (Fsp3) is 0.808. The van der Waals surface area contributed by atoms with Gasteiger partial charge in [0.05, 0.1) is 13.2 Å². The van der Waals surface area contributed by atoms with Crippen molar-refractivity contribution in [2.24, 2.45) is 0 Å². The molecule has 1 aromatic rings. The van der Waals surface area contributed by atoms with Crippen molar-refractivity contribution in [3.05, 3.63) is 33.1 Å². The molecule has 3 heterocycles. The molecule has 0 bridgehead atoms. The zero-order chi connectivity index (χ0) is 37.1. The summed E-state index contributed by atoms with van der Waals surface area (Å²) in [7, 11) is -8.43. The molecule has 22 nitrogen and oxygen atoms in total. The molecule has 3 rings (SSSR count). The number of phosphoric acid groups is 2. The number of ether oxygens (including phenoxy) is 3. The Morgan fingerprint density at radius 2 is 1.60 bits per heavy atom. The summed E-state index contributed by atoms with van der Waals surface area (Å²) in [6.07, 6.45) is -10.3. The Bertz CT molecular complexity index is 1430. The van der Waals surface area contributed by atoms with Crippen LogP contribution in [0, 0.1) is 0 Å². The van der Waals surface area contributed by atoms with E-state index >= 15 is 0 Å². The zero-order valence-electron chi connectivity index (χ0n) is 27.3. The van der Waals surface area contributed by atoms with E-state index in [2.05, 4.69) is 5.32 Å². The molecule has 1 amide bonds. The number of aliphatic hydroxyl groups excluding tert-OH is 6. The minimum Gasteiger partial charge on any atom is -0.396 e. The van der Waals surface area contributed by atoms with E-state index in [1.54, 1.807) is 0 Å². The molecule has 2 aliphatic rings. The number of aliphatic hydroxyl groups is 6. The highest BCUT2D eigenvalue weighted by atomic mass is 31.3. The summed E-state index contributed by atoms with van der Waals surface area (Å²) in [5.41, 5.74) is -1.69. The molecule has 2 fully saturated rings. The third kappa shape index (κ3) is 11.5. The molecule has 24 heteroatoms. The lowest BCUT2D eigenvalue weighted by Gasteiger charge is -2.42. The maximum absolute atomic E-state index is 13.6. The highest BCUT2D eigenvalue weighted by Gasteiger charge is 2.51. The van der Waals surface area contributed by atoms with E-state index in [1.165, 1.54) is 0 Å². The molecule has 0 saturated carbocycles. The summed E-state index contributed by atoms with van der Waals surface area (Å²) in [6.45, 7) is -0.856. The second kappa shape index (κ2) is 19.8. The van der Waals surface area contributed by atoms with Gasteiger partial charge in [-0.25, -0.2) is 13.9 Å². The third-order valence-corrected chi connectivity index (χ3v) is 11.0. The van der Waals surface area contributed by atoms with Crippen molar-refractivity contribution in [2.45, 2.75) is 87.3 Å². The predicted molar refractivity (Wildman–Crippen MR) is 165 cm³/mol. The van der Waals surface area contributed by atoms with Gasteiger partial charge in [-0.2, -0.15) is 4.31 Å². The van der Waals surface area contributed by atoms with Crippen molar-refractivity contribution < 1.29 is 81.2 Å². The summed E-state index contributed by atoms with van der Waals surface area (Å²) in [6, 6.07) is -0.646. The Morgan fingerprint density at radius 1 is 0.920 bits per heavy atom. The topological polar surface area (TPSA) is 313 Å². The number of aromatic nitrogens is 2. The first kappa shape index (κ1) is 42.5. The van der Waals surface area contributed by atoms with Crippen molar-refractivity contribution in [1.82, 2.24) is 14.9 Å². The standard InChI is InChI=1S/C26H45N3O19P2/c1-41-49(39,44-14-16-21(35)23(37)24(45-16)29-9-8-18(33)28-26(29)38)48-50(40,42-2)47-25-19(22(36)20(34)15(13-31)46-25)27-17(32)7-4-3-5-11-43-12-6-10-30/h8-9,15-16,19-25,30-31,34-37H,3-7,10-14H2,1-2H3,(H,27,32)(H,28,33,38)/t15?,16?,19?,20-,21?,22+,23?,24?,25-,49?,50?/m0/s1. The lowest BCUT2D eigenvalue weighted by atomic mass is 9.97. The van der Waals surface area contributed by atoms with Gasteiger partial charge in [-0.1, -0.05) is 6.42 Å². The van der Waals surface area contributed by atoms with E-state index in [0.717, 1.165) is 31.0 Å².